The molecule has 1 unspecified atom stereocenters. The Bertz CT molecular complexity index is 824. The zero-order chi connectivity index (χ0) is 16.4. The van der Waals surface area contributed by atoms with Crippen LogP contribution in [0.4, 0.5) is 5.82 Å². The third kappa shape index (κ3) is 2.98. The van der Waals surface area contributed by atoms with Gasteiger partial charge in [-0.15, -0.1) is 10.2 Å². The first-order valence-electron chi connectivity index (χ1n) is 7.30. The van der Waals surface area contributed by atoms with Gasteiger partial charge in [0.15, 0.2) is 11.5 Å². The standard InChI is InChI=1S/C16H18N6O/c1-11(15-20-19-14-6-4-5-9-22(14)15)18-13-8-7-12(10-17-13)16(23)21(2)3/h4-11H,1-3H3,(H,17,18). The van der Waals surface area contributed by atoms with Crippen LogP contribution in [0, 0.1) is 0 Å². The van der Waals surface area contributed by atoms with E-state index in [2.05, 4.69) is 20.5 Å². The zero-order valence-electron chi connectivity index (χ0n) is 13.3. The second kappa shape index (κ2) is 6.04. The van der Waals surface area contributed by atoms with Crippen LogP contribution in [0.5, 0.6) is 0 Å². The lowest BCUT2D eigenvalue weighted by Crippen LogP contribution is -2.21. The minimum atomic E-state index is -0.0738. The van der Waals surface area contributed by atoms with Crippen molar-refractivity contribution < 1.29 is 4.79 Å². The van der Waals surface area contributed by atoms with Crippen molar-refractivity contribution in [2.75, 3.05) is 19.4 Å². The first-order valence-corrected chi connectivity index (χ1v) is 7.30. The first kappa shape index (κ1) is 15.0. The van der Waals surface area contributed by atoms with Crippen molar-refractivity contribution in [3.05, 3.63) is 54.1 Å². The van der Waals surface area contributed by atoms with Crippen molar-refractivity contribution in [3.63, 3.8) is 0 Å². The molecule has 0 bridgehead atoms. The molecule has 0 saturated heterocycles. The van der Waals surface area contributed by atoms with Gasteiger partial charge >= 0.3 is 0 Å². The normalized spacial score (nSPS) is 12.1. The van der Waals surface area contributed by atoms with E-state index in [0.29, 0.717) is 11.4 Å². The molecule has 0 aliphatic heterocycles. The number of anilines is 1. The number of carbonyl (C=O) groups is 1. The molecule has 7 nitrogen and oxygen atoms in total. The lowest BCUT2D eigenvalue weighted by molar-refractivity contribution is 0.0827. The molecule has 3 heterocycles. The average Bonchev–Trinajstić information content (AvgIpc) is 2.99. The fourth-order valence-electron chi connectivity index (χ4n) is 2.31. The minimum Gasteiger partial charge on any atom is -0.360 e. The number of aromatic nitrogens is 4. The highest BCUT2D eigenvalue weighted by Crippen LogP contribution is 2.17. The molecule has 0 radical (unpaired) electrons. The van der Waals surface area contributed by atoms with Crippen molar-refractivity contribution in [3.8, 4) is 0 Å². The molecule has 7 heteroatoms. The quantitative estimate of drug-likeness (QED) is 0.797. The van der Waals surface area contributed by atoms with Crippen molar-refractivity contribution >= 4 is 17.4 Å². The van der Waals surface area contributed by atoms with E-state index in [1.807, 2.05) is 35.7 Å². The van der Waals surface area contributed by atoms with E-state index in [4.69, 9.17) is 0 Å². The van der Waals surface area contributed by atoms with Gasteiger partial charge in [0.25, 0.3) is 5.91 Å². The van der Waals surface area contributed by atoms with Crippen molar-refractivity contribution in [2.45, 2.75) is 13.0 Å². The lowest BCUT2D eigenvalue weighted by atomic mass is 10.2. The number of amides is 1. The molecule has 3 aromatic rings. The largest absolute Gasteiger partial charge is 0.360 e. The number of nitrogens with one attached hydrogen (secondary N) is 1. The van der Waals surface area contributed by atoms with Crippen molar-refractivity contribution in [1.29, 1.82) is 0 Å². The smallest absolute Gasteiger partial charge is 0.254 e. The van der Waals surface area contributed by atoms with Crippen molar-refractivity contribution in [2.24, 2.45) is 0 Å². The van der Waals surface area contributed by atoms with Gasteiger partial charge in [0.2, 0.25) is 0 Å². The van der Waals surface area contributed by atoms with Crippen LogP contribution in [-0.2, 0) is 0 Å². The second-order valence-electron chi connectivity index (χ2n) is 5.48. The molecule has 0 spiro atoms. The van der Waals surface area contributed by atoms with E-state index >= 15 is 0 Å². The molecule has 0 aromatic carbocycles. The summed E-state index contributed by atoms with van der Waals surface area (Å²) in [5.41, 5.74) is 1.36. The predicted octanol–water partition coefficient (Wildman–Crippen LogP) is 2.00. The number of pyridine rings is 2. The number of fused-ring (bicyclic) bond motifs is 1. The highest BCUT2D eigenvalue weighted by Gasteiger charge is 2.14. The summed E-state index contributed by atoms with van der Waals surface area (Å²) in [6, 6.07) is 9.24. The van der Waals surface area contributed by atoms with Gasteiger partial charge in [0.1, 0.15) is 5.82 Å². The monoisotopic (exact) mass is 310 g/mol. The lowest BCUT2D eigenvalue weighted by Gasteiger charge is -2.14. The van der Waals surface area contributed by atoms with Gasteiger partial charge in [0, 0.05) is 26.5 Å². The van der Waals surface area contributed by atoms with Gasteiger partial charge in [-0.3, -0.25) is 9.20 Å². The molecule has 1 atom stereocenters. The van der Waals surface area contributed by atoms with E-state index in [9.17, 15) is 4.79 Å². The van der Waals surface area contributed by atoms with Gasteiger partial charge in [-0.1, -0.05) is 6.07 Å². The number of hydrogen-bond acceptors (Lipinski definition) is 5. The zero-order valence-corrected chi connectivity index (χ0v) is 13.3. The predicted molar refractivity (Wildman–Crippen MR) is 87.3 cm³/mol. The molecule has 3 aromatic heterocycles. The van der Waals surface area contributed by atoms with Crippen LogP contribution >= 0.6 is 0 Å². The van der Waals surface area contributed by atoms with E-state index in [-0.39, 0.29) is 11.9 Å². The Morgan fingerprint density at radius 2 is 2.04 bits per heavy atom. The number of hydrogen-bond donors (Lipinski definition) is 1. The maximum Gasteiger partial charge on any atom is 0.254 e. The van der Waals surface area contributed by atoms with E-state index in [1.54, 1.807) is 32.4 Å². The van der Waals surface area contributed by atoms with Gasteiger partial charge in [-0.25, -0.2) is 4.98 Å². The summed E-state index contributed by atoms with van der Waals surface area (Å²) in [4.78, 5) is 17.7. The maximum absolute atomic E-state index is 11.9. The summed E-state index contributed by atoms with van der Waals surface area (Å²) in [6.45, 7) is 1.99. The number of rotatable bonds is 4. The highest BCUT2D eigenvalue weighted by atomic mass is 16.2. The van der Waals surface area contributed by atoms with Crippen LogP contribution in [0.2, 0.25) is 0 Å². The van der Waals surface area contributed by atoms with Gasteiger partial charge < -0.3 is 10.2 Å². The molecule has 0 aliphatic carbocycles. The maximum atomic E-state index is 11.9. The summed E-state index contributed by atoms with van der Waals surface area (Å²) in [6.07, 6.45) is 3.49. The Balaban J connectivity index is 1.77. The summed E-state index contributed by atoms with van der Waals surface area (Å²) in [7, 11) is 3.43. The van der Waals surface area contributed by atoms with Crippen LogP contribution in [0.25, 0.3) is 5.65 Å². The second-order valence-corrected chi connectivity index (χ2v) is 5.48. The topological polar surface area (TPSA) is 75.4 Å². The van der Waals surface area contributed by atoms with Crippen LogP contribution in [0.1, 0.15) is 29.1 Å². The first-order chi connectivity index (χ1) is 11.1. The molecule has 0 fully saturated rings. The average molecular weight is 310 g/mol. The van der Waals surface area contributed by atoms with Crippen LogP contribution in [-0.4, -0.2) is 44.5 Å². The summed E-state index contributed by atoms with van der Waals surface area (Å²) < 4.78 is 1.93. The number of carbonyl (C=O) groups excluding carboxylic acids is 1. The Kier molecular flexibility index (Phi) is 3.92. The van der Waals surface area contributed by atoms with Gasteiger partial charge in [-0.05, 0) is 31.2 Å². The number of nitrogens with zero attached hydrogens (tertiary/aromatic N) is 5. The van der Waals surface area contributed by atoms with E-state index in [0.717, 1.165) is 11.5 Å². The molecule has 0 aliphatic rings. The molecule has 3 rings (SSSR count). The Morgan fingerprint density at radius 3 is 2.74 bits per heavy atom. The molecule has 0 saturated carbocycles. The summed E-state index contributed by atoms with van der Waals surface area (Å²) >= 11 is 0. The molecular formula is C16H18N6O. The van der Waals surface area contributed by atoms with E-state index in [1.165, 1.54) is 4.90 Å². The van der Waals surface area contributed by atoms with Crippen molar-refractivity contribution in [1.82, 2.24) is 24.5 Å². The summed E-state index contributed by atoms with van der Waals surface area (Å²) in [5, 5.41) is 11.6. The SMILES string of the molecule is CC(Nc1ccc(C(=O)N(C)C)cn1)c1nnc2ccccn12. The molecular weight excluding hydrogens is 292 g/mol. The van der Waals surface area contributed by atoms with Crippen LogP contribution < -0.4 is 5.32 Å². The molecule has 1 N–H and O–H groups in total. The molecule has 118 valence electrons. The molecule has 23 heavy (non-hydrogen) atoms. The Hall–Kier alpha value is -2.96. The van der Waals surface area contributed by atoms with Crippen LogP contribution in [0.3, 0.4) is 0 Å². The Labute approximate surface area is 134 Å². The summed E-state index contributed by atoms with van der Waals surface area (Å²) in [5.74, 6) is 1.41. The fourth-order valence-corrected chi connectivity index (χ4v) is 2.31. The third-order valence-corrected chi connectivity index (χ3v) is 3.51. The van der Waals surface area contributed by atoms with Crippen LogP contribution in [0.15, 0.2) is 42.7 Å². The highest BCUT2D eigenvalue weighted by molar-refractivity contribution is 5.93. The fraction of sp³-hybridized carbons (Fsp3) is 0.250. The molecule has 1 amide bonds. The van der Waals surface area contributed by atoms with Gasteiger partial charge in [-0.2, -0.15) is 0 Å². The Morgan fingerprint density at radius 1 is 1.22 bits per heavy atom. The van der Waals surface area contributed by atoms with Gasteiger partial charge in [0.05, 0.1) is 11.6 Å². The van der Waals surface area contributed by atoms with E-state index < -0.39 is 0 Å². The minimum absolute atomic E-state index is 0.0689. The third-order valence-electron chi connectivity index (χ3n) is 3.51.